The summed E-state index contributed by atoms with van der Waals surface area (Å²) in [5.74, 6) is -0.184. The molecule has 4 aromatic carbocycles. The molecule has 0 radical (unpaired) electrons. The molecule has 0 atom stereocenters. The van der Waals surface area contributed by atoms with Crippen LogP contribution in [0.5, 0.6) is 0 Å². The molecule has 6 nitrogen and oxygen atoms in total. The van der Waals surface area contributed by atoms with Crippen molar-refractivity contribution in [2.24, 2.45) is 0 Å². The quantitative estimate of drug-likeness (QED) is 0.287. The number of aryl methyl sites for hydroxylation is 1. The van der Waals surface area contributed by atoms with E-state index in [1.54, 1.807) is 6.07 Å². The minimum absolute atomic E-state index is 0.0795. The Kier molecular flexibility index (Phi) is 7.72. The number of nitrogens with zero attached hydrogens (tertiary/aromatic N) is 2. The Bertz CT molecular complexity index is 1500. The van der Waals surface area contributed by atoms with Gasteiger partial charge in [-0.25, -0.2) is 0 Å². The van der Waals surface area contributed by atoms with Crippen LogP contribution in [0.25, 0.3) is 10.8 Å². The number of anilines is 2. The lowest BCUT2D eigenvalue weighted by molar-refractivity contribution is 0.0746. The van der Waals surface area contributed by atoms with Gasteiger partial charge in [0.05, 0.1) is 0 Å². The van der Waals surface area contributed by atoms with Crippen LogP contribution in [0.15, 0.2) is 89.4 Å². The first-order chi connectivity index (χ1) is 18.4. The van der Waals surface area contributed by atoms with Gasteiger partial charge in [0.25, 0.3) is 11.8 Å². The van der Waals surface area contributed by atoms with Crippen LogP contribution in [0.4, 0.5) is 11.4 Å². The maximum absolute atomic E-state index is 12.9. The zero-order valence-corrected chi connectivity index (χ0v) is 23.3. The highest BCUT2D eigenvalue weighted by molar-refractivity contribution is 9.10. The second-order valence-corrected chi connectivity index (χ2v) is 10.5. The molecule has 0 saturated carbocycles. The van der Waals surface area contributed by atoms with Crippen LogP contribution < -0.4 is 15.5 Å². The zero-order chi connectivity index (χ0) is 26.6. The monoisotopic (exact) mass is 586 g/mol. The highest BCUT2D eigenvalue weighted by Crippen LogP contribution is 2.26. The van der Waals surface area contributed by atoms with Gasteiger partial charge in [0.15, 0.2) is 5.11 Å². The summed E-state index contributed by atoms with van der Waals surface area (Å²) in [5.41, 5.74) is 4.30. The molecule has 0 aliphatic carbocycles. The second kappa shape index (κ2) is 11.3. The Labute approximate surface area is 235 Å². The molecule has 0 spiro atoms. The summed E-state index contributed by atoms with van der Waals surface area (Å²) in [6, 6.07) is 27.0. The lowest BCUT2D eigenvalue weighted by Gasteiger charge is -2.36. The average Bonchev–Trinajstić information content (AvgIpc) is 2.93. The molecule has 38 heavy (non-hydrogen) atoms. The Morgan fingerprint density at radius 1 is 0.816 bits per heavy atom. The number of carbonyl (C=O) groups excluding carboxylic acids is 2. The lowest BCUT2D eigenvalue weighted by atomic mass is 10.0. The van der Waals surface area contributed by atoms with E-state index in [0.717, 1.165) is 50.8 Å². The first kappa shape index (κ1) is 25.9. The van der Waals surface area contributed by atoms with Crippen LogP contribution in [-0.4, -0.2) is 48.0 Å². The van der Waals surface area contributed by atoms with Gasteiger partial charge in [0.1, 0.15) is 0 Å². The Hall–Kier alpha value is -3.75. The number of amides is 2. The average molecular weight is 588 g/mol. The number of halogens is 1. The maximum atomic E-state index is 12.9. The van der Waals surface area contributed by atoms with Gasteiger partial charge < -0.3 is 15.1 Å². The fourth-order valence-electron chi connectivity index (χ4n) is 4.60. The third kappa shape index (κ3) is 5.71. The number of piperazine rings is 1. The highest BCUT2D eigenvalue weighted by atomic mass is 79.9. The Morgan fingerprint density at radius 2 is 1.47 bits per heavy atom. The fraction of sp³-hybridized carbons (Fsp3) is 0.167. The zero-order valence-electron chi connectivity index (χ0n) is 20.9. The van der Waals surface area contributed by atoms with E-state index in [9.17, 15) is 9.59 Å². The van der Waals surface area contributed by atoms with Crippen molar-refractivity contribution in [3.05, 3.63) is 106 Å². The molecule has 1 aliphatic heterocycles. The standard InChI is InChI=1S/C30H27BrN4O2S/c1-20-8-10-21(11-9-20)29(37)35-18-16-34(17-19-35)23-14-12-22(13-15-23)32-30(38)33-28(36)26-6-2-5-25-24(26)4-3-7-27(25)31/h2-15H,16-19H2,1H3,(H2,32,33,36,38). The number of thiocarbonyl (C=S) groups is 1. The van der Waals surface area contributed by atoms with Crippen LogP contribution >= 0.6 is 28.1 Å². The lowest BCUT2D eigenvalue weighted by Crippen LogP contribution is -2.48. The number of benzene rings is 4. The molecule has 8 heteroatoms. The molecule has 2 N–H and O–H groups in total. The van der Waals surface area contributed by atoms with Crippen molar-refractivity contribution < 1.29 is 9.59 Å². The summed E-state index contributed by atoms with van der Waals surface area (Å²) in [5, 5.41) is 7.94. The van der Waals surface area contributed by atoms with Gasteiger partial charge >= 0.3 is 0 Å². The number of rotatable bonds is 4. The van der Waals surface area contributed by atoms with E-state index in [1.807, 2.05) is 90.7 Å². The van der Waals surface area contributed by atoms with Crippen LogP contribution in [0, 0.1) is 6.92 Å². The van der Waals surface area contributed by atoms with Gasteiger partial charge in [-0.05, 0) is 78.4 Å². The molecule has 0 bridgehead atoms. The molecule has 1 aliphatic rings. The molecular weight excluding hydrogens is 560 g/mol. The van der Waals surface area contributed by atoms with E-state index in [2.05, 4.69) is 31.5 Å². The summed E-state index contributed by atoms with van der Waals surface area (Å²) >= 11 is 8.94. The molecule has 1 fully saturated rings. The van der Waals surface area contributed by atoms with Gasteiger partial charge in [-0.15, -0.1) is 0 Å². The second-order valence-electron chi connectivity index (χ2n) is 9.24. The molecule has 2 amide bonds. The van der Waals surface area contributed by atoms with Crippen molar-refractivity contribution in [2.45, 2.75) is 6.92 Å². The molecule has 5 rings (SSSR count). The van der Waals surface area contributed by atoms with Crippen molar-refractivity contribution in [1.82, 2.24) is 10.2 Å². The van der Waals surface area contributed by atoms with E-state index in [4.69, 9.17) is 12.2 Å². The summed E-state index contributed by atoms with van der Waals surface area (Å²) in [6.45, 7) is 4.89. The number of nitrogens with one attached hydrogen (secondary N) is 2. The minimum Gasteiger partial charge on any atom is -0.368 e. The molecule has 1 heterocycles. The number of hydrogen-bond donors (Lipinski definition) is 2. The summed E-state index contributed by atoms with van der Waals surface area (Å²) in [4.78, 5) is 29.9. The number of carbonyl (C=O) groups is 2. The smallest absolute Gasteiger partial charge is 0.258 e. The van der Waals surface area contributed by atoms with Crippen LogP contribution in [0.1, 0.15) is 26.3 Å². The first-order valence-corrected chi connectivity index (χ1v) is 13.6. The topological polar surface area (TPSA) is 64.7 Å². The molecule has 1 saturated heterocycles. The third-order valence-electron chi connectivity index (χ3n) is 6.70. The molecule has 0 aromatic heterocycles. The van der Waals surface area contributed by atoms with E-state index < -0.39 is 0 Å². The van der Waals surface area contributed by atoms with Crippen molar-refractivity contribution >= 4 is 67.2 Å². The fourth-order valence-corrected chi connectivity index (χ4v) is 5.31. The first-order valence-electron chi connectivity index (χ1n) is 12.4. The summed E-state index contributed by atoms with van der Waals surface area (Å²) in [7, 11) is 0. The van der Waals surface area contributed by atoms with E-state index in [1.165, 1.54) is 0 Å². The van der Waals surface area contributed by atoms with Crippen LogP contribution in [-0.2, 0) is 0 Å². The minimum atomic E-state index is -0.263. The molecule has 4 aromatic rings. The highest BCUT2D eigenvalue weighted by Gasteiger charge is 2.22. The van der Waals surface area contributed by atoms with E-state index >= 15 is 0 Å². The van der Waals surface area contributed by atoms with Crippen LogP contribution in [0.3, 0.4) is 0 Å². The predicted octanol–water partition coefficient (Wildman–Crippen LogP) is 6.00. The summed E-state index contributed by atoms with van der Waals surface area (Å²) < 4.78 is 0.935. The normalized spacial score (nSPS) is 13.3. The van der Waals surface area contributed by atoms with Gasteiger partial charge in [-0.2, -0.15) is 0 Å². The van der Waals surface area contributed by atoms with Gasteiger partial charge in [0, 0.05) is 53.2 Å². The largest absolute Gasteiger partial charge is 0.368 e. The number of fused-ring (bicyclic) bond motifs is 1. The van der Waals surface area contributed by atoms with Crippen molar-refractivity contribution in [2.75, 3.05) is 36.4 Å². The molecule has 192 valence electrons. The third-order valence-corrected chi connectivity index (χ3v) is 7.59. The number of hydrogen-bond acceptors (Lipinski definition) is 4. The van der Waals surface area contributed by atoms with Gasteiger partial charge in [-0.1, -0.05) is 57.9 Å². The predicted molar refractivity (Wildman–Crippen MR) is 161 cm³/mol. The van der Waals surface area contributed by atoms with Crippen LogP contribution in [0.2, 0.25) is 0 Å². The molecular formula is C30H27BrN4O2S. The maximum Gasteiger partial charge on any atom is 0.258 e. The molecule has 0 unspecified atom stereocenters. The SMILES string of the molecule is Cc1ccc(C(=O)N2CCN(c3ccc(NC(=S)NC(=O)c4cccc5c(Br)cccc45)cc3)CC2)cc1. The van der Waals surface area contributed by atoms with E-state index in [-0.39, 0.29) is 16.9 Å². The van der Waals surface area contributed by atoms with E-state index in [0.29, 0.717) is 18.7 Å². The Balaban J connectivity index is 1.15. The van der Waals surface area contributed by atoms with Crippen molar-refractivity contribution in [3.8, 4) is 0 Å². The van der Waals surface area contributed by atoms with Crippen molar-refractivity contribution in [3.63, 3.8) is 0 Å². The van der Waals surface area contributed by atoms with Gasteiger partial charge in [-0.3, -0.25) is 14.9 Å². The Morgan fingerprint density at radius 3 is 2.18 bits per heavy atom. The van der Waals surface area contributed by atoms with Crippen molar-refractivity contribution in [1.29, 1.82) is 0 Å². The summed E-state index contributed by atoms with van der Waals surface area (Å²) in [6.07, 6.45) is 0. The van der Waals surface area contributed by atoms with Gasteiger partial charge in [0.2, 0.25) is 0 Å².